The Morgan fingerprint density at radius 1 is 0.776 bits per heavy atom. The smallest absolute Gasteiger partial charge is 0.410 e. The van der Waals surface area contributed by atoms with Gasteiger partial charge in [-0.25, -0.2) is 43.5 Å². The van der Waals surface area contributed by atoms with E-state index in [1.165, 1.54) is 70.2 Å². The highest BCUT2D eigenvalue weighted by Gasteiger charge is 2.69. The van der Waals surface area contributed by atoms with E-state index in [4.69, 9.17) is 35.2 Å². The number of halogens is 7. The van der Waals surface area contributed by atoms with Gasteiger partial charge in [0.05, 0.1) is 47.4 Å². The Hall–Kier alpha value is -7.86. The molecule has 5 N–H and O–H groups in total. The Bertz CT molecular complexity index is 4450. The van der Waals surface area contributed by atoms with Crippen LogP contribution in [0, 0.1) is 22.7 Å². The predicted octanol–water partition coefficient (Wildman–Crippen LogP) is 13.2. The van der Waals surface area contributed by atoms with Gasteiger partial charge in [-0.1, -0.05) is 44.5 Å². The number of aromatic nitrogens is 8. The summed E-state index contributed by atoms with van der Waals surface area (Å²) in [4.78, 5) is 60.7. The lowest BCUT2D eigenvalue weighted by Crippen LogP contribution is -2.49. The molecule has 26 nitrogen and oxygen atoms in total. The molecule has 36 heteroatoms. The molecule has 2 saturated heterocycles. The first-order valence-corrected chi connectivity index (χ1v) is 41.9. The zero-order valence-corrected chi connectivity index (χ0v) is 65.4. The van der Waals surface area contributed by atoms with Crippen molar-refractivity contribution in [1.82, 2.24) is 53.8 Å². The lowest BCUT2D eigenvalue weighted by Gasteiger charge is -2.42. The number of fused-ring (bicyclic) bond motifs is 6. The average Bonchev–Trinajstić information content (AvgIpc) is 1.65. The van der Waals surface area contributed by atoms with Gasteiger partial charge in [-0.3, -0.25) is 9.59 Å². The molecule has 0 spiro atoms. The van der Waals surface area contributed by atoms with Gasteiger partial charge in [-0.2, -0.15) is 43.2 Å². The molecule has 3 amide bonds. The molecule has 2 aliphatic carbocycles. The maximum Gasteiger partial charge on any atom is 0.410 e. The fourth-order valence-corrected chi connectivity index (χ4v) is 17.0. The molecule has 11 rings (SSSR count). The predicted molar refractivity (Wildman–Crippen MR) is 389 cm³/mol. The van der Waals surface area contributed by atoms with Gasteiger partial charge in [0.25, 0.3) is 31.9 Å². The standard InChI is InChI=1S/C41H59ClF3N7O7SSi.C30H36F3N7O5S/c1-37(2,3)58-36(54)51-26-27(25-39(51,7)8)13-12-22-46-30-14-11-15-33(47-30)60(55,56)50-35(53)28-16-17-31(48-34(28)42)52-23-18-32(49-52)57-24-19-29(40(20-21-40)41(43,44)45)59-61(9,10)38(4,5)6;1-28(2)17-19-5-4-14-34-22-6-3-7-25(35-22)46(43,44)38-27(42)20-8-9-23(36-26(20)39(28)18-19)40-15-10-24(37-40)45-16-11-21(41)29(12-13-29)30(31,32)33/h11,14-18,23,27,29H,12-13,19-22,24-26H2,1-10H3,(H,46,47)(H,50,53);3,6-10,15,19,21,41H,4-5,11-14,16-18H2,1-2H3,(H,34,35)(H,38,42)/t27-,29?;19-,21?/m00/s1. The van der Waals surface area contributed by atoms with E-state index in [1.54, 1.807) is 29.3 Å². The van der Waals surface area contributed by atoms with Gasteiger partial charge in [0.1, 0.15) is 28.2 Å². The molecule has 586 valence electrons. The molecular formula is C71H95ClF6N14O12S2Si. The van der Waals surface area contributed by atoms with Gasteiger partial charge < -0.3 is 44.2 Å². The minimum Gasteiger partial charge on any atom is -0.476 e. The summed E-state index contributed by atoms with van der Waals surface area (Å²) < 4.78 is 165. The van der Waals surface area contributed by atoms with Crippen molar-refractivity contribution in [3.63, 3.8) is 0 Å². The lowest BCUT2D eigenvalue weighted by atomic mass is 9.93. The fourth-order valence-electron chi connectivity index (χ4n) is 13.5. The third-order valence-electron chi connectivity index (χ3n) is 20.7. The van der Waals surface area contributed by atoms with Crippen LogP contribution >= 0.6 is 11.6 Å². The minimum atomic E-state index is -4.47. The van der Waals surface area contributed by atoms with Crippen molar-refractivity contribution >= 4 is 75.3 Å². The monoisotopic (exact) mass is 1580 g/mol. The van der Waals surface area contributed by atoms with Gasteiger partial charge in [0.2, 0.25) is 11.8 Å². The number of ether oxygens (including phenoxy) is 3. The molecule has 4 atom stereocenters. The molecule has 107 heavy (non-hydrogen) atoms. The molecule has 2 saturated carbocycles. The van der Waals surface area contributed by atoms with Gasteiger partial charge in [0.15, 0.2) is 30.0 Å². The molecule has 5 aliphatic rings. The maximum atomic E-state index is 14.2. The van der Waals surface area contributed by atoms with Crippen LogP contribution in [0.15, 0.2) is 95.2 Å². The number of likely N-dealkylation sites (tertiary alicyclic amines) is 1. The molecule has 3 aliphatic heterocycles. The van der Waals surface area contributed by atoms with Crippen LogP contribution in [0.4, 0.5) is 48.6 Å². The summed E-state index contributed by atoms with van der Waals surface area (Å²) in [6, 6.07) is 17.6. The second-order valence-electron chi connectivity index (χ2n) is 31.9. The summed E-state index contributed by atoms with van der Waals surface area (Å²) in [5, 5.41) is 23.9. The average molecular weight is 1580 g/mol. The normalized spacial score (nSPS) is 20.1. The highest BCUT2D eigenvalue weighted by molar-refractivity contribution is 7.90. The first-order chi connectivity index (χ1) is 49.7. The van der Waals surface area contributed by atoms with E-state index in [9.17, 15) is 62.7 Å². The van der Waals surface area contributed by atoms with Crippen LogP contribution in [-0.4, -0.2) is 173 Å². The summed E-state index contributed by atoms with van der Waals surface area (Å²) in [7, 11) is -11.3. The number of pyridine rings is 4. The number of hydrogen-bond acceptors (Lipinski definition) is 21. The van der Waals surface area contributed by atoms with Crippen molar-refractivity contribution in [3.05, 3.63) is 101 Å². The van der Waals surface area contributed by atoms with Gasteiger partial charge in [0, 0.05) is 74.6 Å². The Balaban J connectivity index is 0.000000237. The highest BCUT2D eigenvalue weighted by Crippen LogP contribution is 2.63. The van der Waals surface area contributed by atoms with Gasteiger partial charge >= 0.3 is 18.4 Å². The Kier molecular flexibility index (Phi) is 23.6. The van der Waals surface area contributed by atoms with Crippen LogP contribution in [0.5, 0.6) is 11.8 Å². The van der Waals surface area contributed by atoms with E-state index >= 15 is 0 Å². The van der Waals surface area contributed by atoms with Crippen molar-refractivity contribution in [1.29, 1.82) is 0 Å². The number of alkyl halides is 6. The van der Waals surface area contributed by atoms with Crippen LogP contribution in [0.3, 0.4) is 0 Å². The SMILES string of the molecule is CC(C)(C)OC(=O)N1C[C@@H](CCCNc2cccc(S(=O)(=O)NC(=O)c3ccc(-n4ccc(OCCC(O[Si](C)(C)C(C)(C)C)C5(C(F)(F)F)CC5)n4)nc3Cl)n2)CC1(C)C.CC1(C)C[C@@H]2CCCNc3cccc(n3)S(=O)(=O)NC(=O)c3ccc(-n4ccc(OCCC(O)C5(C(F)(F)F)CC5)n4)nc3N1C2. The Labute approximate surface area is 625 Å². The largest absolute Gasteiger partial charge is 0.476 e. The molecular weight excluding hydrogens is 1480 g/mol. The molecule has 6 aromatic rings. The van der Waals surface area contributed by atoms with Crippen molar-refractivity contribution in [3.8, 4) is 23.4 Å². The molecule has 9 heterocycles. The van der Waals surface area contributed by atoms with Crippen molar-refractivity contribution in [2.24, 2.45) is 22.7 Å². The highest BCUT2D eigenvalue weighted by atomic mass is 35.5. The second-order valence-corrected chi connectivity index (χ2v) is 40.3. The first kappa shape index (κ1) is 81.6. The Morgan fingerprint density at radius 3 is 2.00 bits per heavy atom. The zero-order chi connectivity index (χ0) is 78.3. The van der Waals surface area contributed by atoms with Crippen molar-refractivity contribution in [2.75, 3.05) is 54.9 Å². The van der Waals surface area contributed by atoms with E-state index in [-0.39, 0.29) is 124 Å². The maximum absolute atomic E-state index is 14.2. The van der Waals surface area contributed by atoms with E-state index < -0.39 is 86.7 Å². The number of sulfonamides is 2. The molecule has 0 radical (unpaired) electrons. The minimum absolute atomic E-state index is 0.0135. The van der Waals surface area contributed by atoms with Gasteiger partial charge in [-0.05, 0) is 191 Å². The number of anilines is 3. The van der Waals surface area contributed by atoms with Crippen LogP contribution in [0.2, 0.25) is 23.3 Å². The first-order valence-electron chi connectivity index (χ1n) is 35.6. The third-order valence-corrected chi connectivity index (χ3v) is 27.9. The molecule has 4 bridgehead atoms. The summed E-state index contributed by atoms with van der Waals surface area (Å²) >= 11 is 6.36. The number of nitrogens with zero attached hydrogens (tertiary/aromatic N) is 10. The van der Waals surface area contributed by atoms with Gasteiger partial charge in [-0.15, -0.1) is 10.2 Å². The number of aliphatic hydroxyl groups is 1. The number of aliphatic hydroxyl groups excluding tert-OH is 1. The number of rotatable bonds is 22. The quantitative estimate of drug-likeness (QED) is 0.0182. The van der Waals surface area contributed by atoms with Crippen LogP contribution in [0.25, 0.3) is 11.6 Å². The summed E-state index contributed by atoms with van der Waals surface area (Å²) in [5.74, 6) is 0.392. The molecule has 0 aromatic carbocycles. The number of nitrogens with one attached hydrogen (secondary N) is 4. The number of carbonyl (C=O) groups excluding carboxylic acids is 3. The Morgan fingerprint density at radius 2 is 1.39 bits per heavy atom. The van der Waals surface area contributed by atoms with E-state index in [1.807, 2.05) is 78.1 Å². The molecule has 2 unspecified atom stereocenters. The van der Waals surface area contributed by atoms with E-state index in [0.717, 1.165) is 38.5 Å². The number of hydrogen-bond donors (Lipinski definition) is 5. The molecule has 6 aromatic heterocycles. The number of carbonyl (C=O) groups is 3. The zero-order valence-electron chi connectivity index (χ0n) is 62.0. The topological polar surface area (TPSA) is 318 Å². The summed E-state index contributed by atoms with van der Waals surface area (Å²) in [6.45, 7) is 25.5. The molecule has 4 fully saturated rings. The van der Waals surface area contributed by atoms with Crippen LogP contribution in [0.1, 0.15) is 167 Å². The van der Waals surface area contributed by atoms with Crippen molar-refractivity contribution < 1.29 is 81.3 Å². The number of amides is 3. The summed E-state index contributed by atoms with van der Waals surface area (Å²) in [6.07, 6.45) is -4.17. The van der Waals surface area contributed by atoms with Crippen molar-refractivity contribution in [2.45, 2.75) is 216 Å². The third kappa shape index (κ3) is 19.2. The lowest BCUT2D eigenvalue weighted by molar-refractivity contribution is -0.215. The summed E-state index contributed by atoms with van der Waals surface area (Å²) in [5.41, 5.74) is -5.44. The van der Waals surface area contributed by atoms with E-state index in [2.05, 4.69) is 54.4 Å². The van der Waals surface area contributed by atoms with Crippen LogP contribution < -0.4 is 34.5 Å². The second kappa shape index (κ2) is 30.9. The van der Waals surface area contributed by atoms with E-state index in [0.29, 0.717) is 49.6 Å². The van der Waals surface area contributed by atoms with Crippen LogP contribution in [-0.2, 0) is 29.2 Å². The fraction of sp³-hybridized carbons (Fsp3) is 0.592.